The van der Waals surface area contributed by atoms with Gasteiger partial charge in [-0.1, -0.05) is 69.5 Å². The van der Waals surface area contributed by atoms with Crippen molar-refractivity contribution in [3.05, 3.63) is 83.6 Å². The van der Waals surface area contributed by atoms with Crippen LogP contribution in [0.1, 0.15) is 72.4 Å². The Bertz CT molecular complexity index is 1550. The molecule has 262 valence electrons. The third kappa shape index (κ3) is 11.7. The average Bonchev–Trinajstić information content (AvgIpc) is 3.14. The Morgan fingerprint density at radius 2 is 1.69 bits per heavy atom. The Morgan fingerprint density at radius 1 is 0.918 bits per heavy atom. The predicted molar refractivity (Wildman–Crippen MR) is 180 cm³/mol. The number of ether oxygens (including phenoxy) is 3. The van der Waals surface area contributed by atoms with E-state index >= 15 is 0 Å². The summed E-state index contributed by atoms with van der Waals surface area (Å²) in [6.45, 7) is 3.58. The largest absolute Gasteiger partial charge is 0.482 e. The molecule has 3 aromatic rings. The van der Waals surface area contributed by atoms with Crippen molar-refractivity contribution in [1.82, 2.24) is 20.7 Å². The zero-order valence-corrected chi connectivity index (χ0v) is 28.3. The van der Waals surface area contributed by atoms with E-state index in [1.165, 1.54) is 37.5 Å². The van der Waals surface area contributed by atoms with Gasteiger partial charge in [0, 0.05) is 5.56 Å². The van der Waals surface area contributed by atoms with Gasteiger partial charge in [-0.15, -0.1) is 0 Å². The maximum Gasteiger partial charge on any atom is 0.343 e. The van der Waals surface area contributed by atoms with Crippen LogP contribution in [0.25, 0.3) is 11.3 Å². The molecule has 1 aromatic heterocycles. The quantitative estimate of drug-likeness (QED) is 0.0575. The number of esters is 2. The van der Waals surface area contributed by atoms with Gasteiger partial charge in [-0.2, -0.15) is 0 Å². The summed E-state index contributed by atoms with van der Waals surface area (Å²) >= 11 is 0. The van der Waals surface area contributed by atoms with Crippen LogP contribution in [0.5, 0.6) is 5.75 Å². The van der Waals surface area contributed by atoms with Crippen LogP contribution in [0.3, 0.4) is 0 Å². The molecule has 0 spiro atoms. The number of nitrogens with zero attached hydrogens (tertiary/aromatic N) is 2. The molecule has 3 amide bonds. The second-order valence-electron chi connectivity index (χ2n) is 11.0. The summed E-state index contributed by atoms with van der Waals surface area (Å²) in [5.41, 5.74) is 1.87. The van der Waals surface area contributed by atoms with Gasteiger partial charge in [-0.05, 0) is 48.7 Å². The first kappa shape index (κ1) is 38.2. The van der Waals surface area contributed by atoms with Crippen molar-refractivity contribution in [2.75, 3.05) is 27.5 Å². The van der Waals surface area contributed by atoms with E-state index in [1.54, 1.807) is 18.2 Å². The zero-order valence-electron chi connectivity index (χ0n) is 28.3. The smallest absolute Gasteiger partial charge is 0.343 e. The second-order valence-corrected chi connectivity index (χ2v) is 11.0. The summed E-state index contributed by atoms with van der Waals surface area (Å²) in [6.07, 6.45) is 4.29. The van der Waals surface area contributed by atoms with Gasteiger partial charge >= 0.3 is 11.9 Å². The van der Waals surface area contributed by atoms with Crippen molar-refractivity contribution >= 4 is 30.2 Å². The SMILES string of the molecule is CCCCC[C@@H](C(=O)NCNC(=O)c1cccc(-c2cc(OCC(=O)OC)cc(C(=O)OC)c2)n1)[C@@H](CC)N(C=O)OCc1ccccc1. The van der Waals surface area contributed by atoms with E-state index < -0.39 is 29.8 Å². The molecule has 0 aliphatic rings. The highest BCUT2D eigenvalue weighted by Gasteiger charge is 2.32. The standard InChI is InChI=1S/C36H44N4O9/c1-5-7-9-15-29(32(6-2)40(24-41)49-21-25-13-10-8-11-14-25)34(43)37-23-38-35(44)31-17-12-16-30(39-31)26-18-27(36(45)47-4)20-28(19-26)48-22-33(42)46-3/h8,10-14,16-20,24,29,32H,5-7,9,15,21-23H2,1-4H3,(H,37,43)(H,38,44)/t29-,32-/m1/s1. The molecule has 13 nitrogen and oxygen atoms in total. The fraction of sp³-hybridized carbons (Fsp3) is 0.389. The van der Waals surface area contributed by atoms with Gasteiger partial charge in [0.05, 0.1) is 44.1 Å². The lowest BCUT2D eigenvalue weighted by atomic mass is 9.90. The number of benzene rings is 2. The van der Waals surface area contributed by atoms with Gasteiger partial charge < -0.3 is 24.8 Å². The van der Waals surface area contributed by atoms with Crippen molar-refractivity contribution in [3.8, 4) is 17.0 Å². The number of hydrogen-bond donors (Lipinski definition) is 2. The van der Waals surface area contributed by atoms with Crippen LogP contribution >= 0.6 is 0 Å². The molecule has 13 heteroatoms. The minimum Gasteiger partial charge on any atom is -0.482 e. The van der Waals surface area contributed by atoms with Crippen molar-refractivity contribution < 1.29 is 43.0 Å². The number of aromatic nitrogens is 1. The van der Waals surface area contributed by atoms with Crippen LogP contribution in [-0.2, 0) is 35.3 Å². The van der Waals surface area contributed by atoms with Crippen molar-refractivity contribution in [2.24, 2.45) is 5.92 Å². The molecule has 0 bridgehead atoms. The Labute approximate surface area is 286 Å². The monoisotopic (exact) mass is 676 g/mol. The lowest BCUT2D eigenvalue weighted by molar-refractivity contribution is -0.200. The second kappa shape index (κ2) is 20.2. The van der Waals surface area contributed by atoms with Gasteiger partial charge in [-0.3, -0.25) is 19.2 Å². The molecule has 2 N–H and O–H groups in total. The van der Waals surface area contributed by atoms with E-state index in [4.69, 9.17) is 14.3 Å². The molecule has 0 aliphatic carbocycles. The van der Waals surface area contributed by atoms with Crippen molar-refractivity contribution in [3.63, 3.8) is 0 Å². The summed E-state index contributed by atoms with van der Waals surface area (Å²) in [4.78, 5) is 72.8. The van der Waals surface area contributed by atoms with Crippen LogP contribution in [0.15, 0.2) is 66.7 Å². The number of carbonyl (C=O) groups excluding carboxylic acids is 5. The Morgan fingerprint density at radius 3 is 2.37 bits per heavy atom. The van der Waals surface area contributed by atoms with Gasteiger partial charge in [0.15, 0.2) is 6.61 Å². The molecule has 0 radical (unpaired) electrons. The number of rotatable bonds is 20. The van der Waals surface area contributed by atoms with Gasteiger partial charge in [-0.25, -0.2) is 19.6 Å². The highest BCUT2D eigenvalue weighted by molar-refractivity contribution is 5.94. The lowest BCUT2D eigenvalue weighted by Crippen LogP contribution is -2.48. The number of nitrogens with one attached hydrogen (secondary N) is 2. The van der Waals surface area contributed by atoms with Crippen LogP contribution < -0.4 is 15.4 Å². The van der Waals surface area contributed by atoms with Gasteiger partial charge in [0.25, 0.3) is 5.91 Å². The van der Waals surface area contributed by atoms with Gasteiger partial charge in [0.2, 0.25) is 12.3 Å². The van der Waals surface area contributed by atoms with Crippen LogP contribution in [-0.4, -0.2) is 73.7 Å². The van der Waals surface area contributed by atoms with Crippen LogP contribution in [0, 0.1) is 5.92 Å². The summed E-state index contributed by atoms with van der Waals surface area (Å²) in [5.74, 6) is -2.49. The number of hydrogen-bond acceptors (Lipinski definition) is 10. The molecule has 1 heterocycles. The van der Waals surface area contributed by atoms with E-state index in [0.717, 1.165) is 24.8 Å². The van der Waals surface area contributed by atoms with E-state index in [1.807, 2.05) is 37.3 Å². The van der Waals surface area contributed by atoms with Crippen molar-refractivity contribution in [1.29, 1.82) is 0 Å². The van der Waals surface area contributed by atoms with Crippen molar-refractivity contribution in [2.45, 2.75) is 58.6 Å². The highest BCUT2D eigenvalue weighted by atomic mass is 16.7. The maximum atomic E-state index is 13.5. The topological polar surface area (TPSA) is 162 Å². The molecule has 2 atom stereocenters. The number of methoxy groups -OCH3 is 2. The normalized spacial score (nSPS) is 11.8. The summed E-state index contributed by atoms with van der Waals surface area (Å²) in [7, 11) is 2.46. The fourth-order valence-corrected chi connectivity index (χ4v) is 5.10. The Balaban J connectivity index is 1.71. The zero-order chi connectivity index (χ0) is 35.6. The minimum atomic E-state index is -0.633. The summed E-state index contributed by atoms with van der Waals surface area (Å²) in [5, 5.41) is 6.67. The van der Waals surface area contributed by atoms with E-state index in [-0.39, 0.29) is 42.8 Å². The maximum absolute atomic E-state index is 13.5. The van der Waals surface area contributed by atoms with Crippen LogP contribution in [0.4, 0.5) is 0 Å². The molecule has 0 unspecified atom stereocenters. The predicted octanol–water partition coefficient (Wildman–Crippen LogP) is 4.46. The number of hydroxylamine groups is 2. The van der Waals surface area contributed by atoms with E-state index in [0.29, 0.717) is 30.5 Å². The molecular formula is C36H44N4O9. The molecule has 2 aromatic carbocycles. The fourth-order valence-electron chi connectivity index (χ4n) is 5.10. The average molecular weight is 677 g/mol. The number of unbranched alkanes of at least 4 members (excludes halogenated alkanes) is 2. The first-order valence-electron chi connectivity index (χ1n) is 16.1. The van der Waals surface area contributed by atoms with Gasteiger partial charge in [0.1, 0.15) is 18.1 Å². The molecule has 0 fully saturated rings. The number of pyridine rings is 1. The first-order valence-corrected chi connectivity index (χ1v) is 16.1. The Kier molecular flexibility index (Phi) is 15.7. The first-order chi connectivity index (χ1) is 23.7. The molecule has 49 heavy (non-hydrogen) atoms. The highest BCUT2D eigenvalue weighted by Crippen LogP contribution is 2.26. The molecule has 0 saturated heterocycles. The Hall–Kier alpha value is -5.30. The summed E-state index contributed by atoms with van der Waals surface area (Å²) in [6, 6.07) is 18.2. The lowest BCUT2D eigenvalue weighted by Gasteiger charge is -2.32. The third-order valence-electron chi connectivity index (χ3n) is 7.69. The van der Waals surface area contributed by atoms with E-state index in [9.17, 15) is 24.0 Å². The number of amides is 3. The van der Waals surface area contributed by atoms with Crippen LogP contribution in [0.2, 0.25) is 0 Å². The molecule has 0 aliphatic heterocycles. The van der Waals surface area contributed by atoms with E-state index in [2.05, 4.69) is 27.3 Å². The summed E-state index contributed by atoms with van der Waals surface area (Å²) < 4.78 is 14.9. The molecule has 3 rings (SSSR count). The number of carbonyl (C=O) groups is 5. The molecule has 0 saturated carbocycles. The minimum absolute atomic E-state index is 0.0552. The third-order valence-corrected chi connectivity index (χ3v) is 7.69. The molecular weight excluding hydrogens is 632 g/mol.